The summed E-state index contributed by atoms with van der Waals surface area (Å²) < 4.78 is 2.09. The van der Waals surface area contributed by atoms with Crippen molar-refractivity contribution < 1.29 is 9.59 Å². The van der Waals surface area contributed by atoms with Crippen LogP contribution in [-0.2, 0) is 17.0 Å². The SMILES string of the molecule is CC(=O)NCC1CCN(C(=O)c2c(-n3cccc3)sc3c2CCSC3)CC1. The average Bonchev–Trinajstić information content (AvgIpc) is 3.33. The van der Waals surface area contributed by atoms with E-state index < -0.39 is 0 Å². The minimum absolute atomic E-state index is 0.0210. The molecular weight excluding hydrogens is 378 g/mol. The van der Waals surface area contributed by atoms with E-state index in [1.54, 1.807) is 18.3 Å². The molecule has 4 rings (SSSR count). The number of rotatable bonds is 4. The third-order valence-electron chi connectivity index (χ3n) is 5.40. The number of hydrogen-bond acceptors (Lipinski definition) is 4. The van der Waals surface area contributed by atoms with E-state index in [1.807, 2.05) is 41.2 Å². The molecule has 7 heteroatoms. The number of hydrogen-bond donors (Lipinski definition) is 1. The van der Waals surface area contributed by atoms with Crippen molar-refractivity contribution >= 4 is 34.9 Å². The highest BCUT2D eigenvalue weighted by Crippen LogP contribution is 2.39. The predicted molar refractivity (Wildman–Crippen MR) is 111 cm³/mol. The molecule has 4 heterocycles. The van der Waals surface area contributed by atoms with E-state index >= 15 is 0 Å². The normalized spacial score (nSPS) is 17.6. The summed E-state index contributed by atoms with van der Waals surface area (Å²) in [6.07, 6.45) is 6.94. The number of nitrogens with zero attached hydrogens (tertiary/aromatic N) is 2. The second-order valence-corrected chi connectivity index (χ2v) is 9.44. The monoisotopic (exact) mass is 403 g/mol. The second kappa shape index (κ2) is 8.10. The van der Waals surface area contributed by atoms with E-state index in [0.29, 0.717) is 5.92 Å². The van der Waals surface area contributed by atoms with Crippen LogP contribution in [0.4, 0.5) is 0 Å². The maximum Gasteiger partial charge on any atom is 0.257 e. The van der Waals surface area contributed by atoms with Crippen molar-refractivity contribution in [3.63, 3.8) is 0 Å². The third kappa shape index (κ3) is 3.94. The van der Waals surface area contributed by atoms with E-state index in [9.17, 15) is 9.59 Å². The summed E-state index contributed by atoms with van der Waals surface area (Å²) in [4.78, 5) is 28.0. The molecule has 0 saturated carbocycles. The highest BCUT2D eigenvalue weighted by Gasteiger charge is 2.31. The van der Waals surface area contributed by atoms with Crippen LogP contribution in [0.3, 0.4) is 0 Å². The first-order valence-corrected chi connectivity index (χ1v) is 11.5. The van der Waals surface area contributed by atoms with Gasteiger partial charge in [-0.05, 0) is 48.6 Å². The lowest BCUT2D eigenvalue weighted by atomic mass is 9.95. The molecule has 0 radical (unpaired) electrons. The number of amides is 2. The molecule has 0 aromatic carbocycles. The van der Waals surface area contributed by atoms with Gasteiger partial charge >= 0.3 is 0 Å². The van der Waals surface area contributed by atoms with E-state index in [1.165, 1.54) is 10.4 Å². The highest BCUT2D eigenvalue weighted by atomic mass is 32.2. The van der Waals surface area contributed by atoms with Gasteiger partial charge in [0, 0.05) is 49.6 Å². The lowest BCUT2D eigenvalue weighted by Gasteiger charge is -2.32. The van der Waals surface area contributed by atoms with Crippen LogP contribution >= 0.6 is 23.1 Å². The molecule has 0 bridgehead atoms. The Balaban J connectivity index is 1.54. The van der Waals surface area contributed by atoms with Gasteiger partial charge in [0.05, 0.1) is 5.56 Å². The molecule has 0 atom stereocenters. The third-order valence-corrected chi connectivity index (χ3v) is 7.81. The minimum atomic E-state index is 0.0210. The zero-order valence-electron chi connectivity index (χ0n) is 15.6. The van der Waals surface area contributed by atoms with E-state index in [-0.39, 0.29) is 11.8 Å². The first-order valence-electron chi connectivity index (χ1n) is 9.53. The van der Waals surface area contributed by atoms with Crippen LogP contribution in [-0.4, -0.2) is 46.7 Å². The van der Waals surface area contributed by atoms with Crippen LogP contribution in [0.5, 0.6) is 0 Å². The molecule has 1 saturated heterocycles. The van der Waals surface area contributed by atoms with Crippen LogP contribution in [0.15, 0.2) is 24.5 Å². The van der Waals surface area contributed by atoms with Gasteiger partial charge in [-0.15, -0.1) is 11.3 Å². The molecule has 2 aliphatic heterocycles. The van der Waals surface area contributed by atoms with Crippen molar-refractivity contribution in [3.05, 3.63) is 40.5 Å². The number of aromatic nitrogens is 1. The van der Waals surface area contributed by atoms with Crippen molar-refractivity contribution in [2.45, 2.75) is 31.9 Å². The molecule has 0 spiro atoms. The van der Waals surface area contributed by atoms with Crippen molar-refractivity contribution in [3.8, 4) is 5.00 Å². The van der Waals surface area contributed by atoms with Crippen molar-refractivity contribution in [1.29, 1.82) is 0 Å². The predicted octanol–water partition coefficient (Wildman–Crippen LogP) is 3.32. The summed E-state index contributed by atoms with van der Waals surface area (Å²) in [7, 11) is 0. The number of likely N-dealkylation sites (tertiary alicyclic amines) is 1. The van der Waals surface area contributed by atoms with Crippen molar-refractivity contribution in [2.24, 2.45) is 5.92 Å². The van der Waals surface area contributed by atoms with E-state index in [0.717, 1.165) is 61.0 Å². The smallest absolute Gasteiger partial charge is 0.257 e. The second-order valence-electron chi connectivity index (χ2n) is 7.25. The van der Waals surface area contributed by atoms with Gasteiger partial charge in [0.15, 0.2) is 0 Å². The highest BCUT2D eigenvalue weighted by molar-refractivity contribution is 7.98. The zero-order valence-corrected chi connectivity index (χ0v) is 17.2. The first-order chi connectivity index (χ1) is 13.1. The molecule has 2 amide bonds. The number of piperidine rings is 1. The molecule has 2 aliphatic rings. The van der Waals surface area contributed by atoms with Gasteiger partial charge in [-0.3, -0.25) is 9.59 Å². The van der Waals surface area contributed by atoms with Gasteiger partial charge in [-0.2, -0.15) is 11.8 Å². The summed E-state index contributed by atoms with van der Waals surface area (Å²) in [5.41, 5.74) is 2.19. The summed E-state index contributed by atoms with van der Waals surface area (Å²) in [5, 5.41) is 3.98. The van der Waals surface area contributed by atoms with Crippen LogP contribution in [0.25, 0.3) is 5.00 Å². The van der Waals surface area contributed by atoms with Gasteiger partial charge in [0.25, 0.3) is 5.91 Å². The number of carbonyl (C=O) groups is 2. The number of thiophene rings is 1. The Morgan fingerprint density at radius 3 is 2.67 bits per heavy atom. The maximum absolute atomic E-state index is 13.5. The molecule has 27 heavy (non-hydrogen) atoms. The van der Waals surface area contributed by atoms with Gasteiger partial charge in [-0.1, -0.05) is 0 Å². The summed E-state index contributed by atoms with van der Waals surface area (Å²) in [6, 6.07) is 4.02. The molecule has 0 aliphatic carbocycles. The average molecular weight is 404 g/mol. The van der Waals surface area contributed by atoms with Gasteiger partial charge < -0.3 is 14.8 Å². The lowest BCUT2D eigenvalue weighted by molar-refractivity contribution is -0.119. The molecule has 2 aromatic heterocycles. The summed E-state index contributed by atoms with van der Waals surface area (Å²) in [5.74, 6) is 2.78. The Labute approximate surface area is 168 Å². The Bertz CT molecular complexity index is 821. The number of carbonyl (C=O) groups excluding carboxylic acids is 2. The molecule has 1 N–H and O–H groups in total. The van der Waals surface area contributed by atoms with Crippen LogP contribution in [0, 0.1) is 5.92 Å². The van der Waals surface area contributed by atoms with Crippen LogP contribution < -0.4 is 5.32 Å². The Kier molecular flexibility index (Phi) is 5.59. The molecular formula is C20H25N3O2S2. The number of nitrogens with one attached hydrogen (secondary N) is 1. The number of thioether (sulfide) groups is 1. The Morgan fingerprint density at radius 1 is 1.22 bits per heavy atom. The van der Waals surface area contributed by atoms with Crippen molar-refractivity contribution in [1.82, 2.24) is 14.8 Å². The summed E-state index contributed by atoms with van der Waals surface area (Å²) in [6.45, 7) is 3.82. The standard InChI is InChI=1S/C20H25N3O2S2/c1-14(24)21-12-15-4-9-22(10-5-15)19(25)18-16-6-11-26-13-17(16)27-20(18)23-7-2-3-8-23/h2-3,7-8,15H,4-6,9-13H2,1H3,(H,21,24). The Hall–Kier alpha value is -1.73. The summed E-state index contributed by atoms with van der Waals surface area (Å²) >= 11 is 3.73. The fourth-order valence-electron chi connectivity index (χ4n) is 3.88. The van der Waals surface area contributed by atoms with Gasteiger partial charge in [0.1, 0.15) is 5.00 Å². The van der Waals surface area contributed by atoms with Crippen LogP contribution in [0.1, 0.15) is 40.6 Å². The lowest BCUT2D eigenvalue weighted by Crippen LogP contribution is -2.41. The molecule has 0 unspecified atom stereocenters. The quantitative estimate of drug-likeness (QED) is 0.852. The molecule has 2 aromatic rings. The maximum atomic E-state index is 13.5. The topological polar surface area (TPSA) is 54.3 Å². The fourth-order valence-corrected chi connectivity index (χ4v) is 6.32. The van der Waals surface area contributed by atoms with Crippen LogP contribution in [0.2, 0.25) is 0 Å². The van der Waals surface area contributed by atoms with E-state index in [4.69, 9.17) is 0 Å². The minimum Gasteiger partial charge on any atom is -0.356 e. The van der Waals surface area contributed by atoms with Gasteiger partial charge in [0.2, 0.25) is 5.91 Å². The molecule has 144 valence electrons. The first kappa shape index (κ1) is 18.6. The number of fused-ring (bicyclic) bond motifs is 1. The van der Waals surface area contributed by atoms with Gasteiger partial charge in [-0.25, -0.2) is 0 Å². The van der Waals surface area contributed by atoms with E-state index in [2.05, 4.69) is 9.88 Å². The molecule has 5 nitrogen and oxygen atoms in total. The fraction of sp³-hybridized carbons (Fsp3) is 0.500. The zero-order chi connectivity index (χ0) is 18.8. The Morgan fingerprint density at radius 2 is 1.96 bits per heavy atom. The van der Waals surface area contributed by atoms with Crippen molar-refractivity contribution in [2.75, 3.05) is 25.4 Å². The molecule has 1 fully saturated rings. The largest absolute Gasteiger partial charge is 0.356 e.